The first kappa shape index (κ1) is 13.1. The molecule has 0 aliphatic rings. The van der Waals surface area contributed by atoms with Gasteiger partial charge in [-0.15, -0.1) is 0 Å². The van der Waals surface area contributed by atoms with Gasteiger partial charge >= 0.3 is 0 Å². The molecule has 1 heterocycles. The largest absolute Gasteiger partial charge is 0.443 e. The zero-order valence-electron chi connectivity index (χ0n) is 11.2. The predicted octanol–water partition coefficient (Wildman–Crippen LogP) is 2.07. The minimum absolute atomic E-state index is 0.157. The monoisotopic (exact) mass is 248 g/mol. The first-order chi connectivity index (χ1) is 8.53. The molecule has 0 spiro atoms. The Kier molecular flexibility index (Phi) is 3.68. The third kappa shape index (κ3) is 2.71. The van der Waals surface area contributed by atoms with Gasteiger partial charge in [-0.25, -0.2) is 4.98 Å². The van der Waals surface area contributed by atoms with Gasteiger partial charge in [0.25, 0.3) is 0 Å². The van der Waals surface area contributed by atoms with Gasteiger partial charge in [0.2, 0.25) is 0 Å². The minimum Gasteiger partial charge on any atom is -0.443 e. The number of aromatic nitrogens is 1. The Balaban J connectivity index is 2.01. The van der Waals surface area contributed by atoms with Crippen molar-refractivity contribution in [2.75, 3.05) is 20.2 Å². The van der Waals surface area contributed by atoms with Crippen LogP contribution in [0.3, 0.4) is 0 Å². The summed E-state index contributed by atoms with van der Waals surface area (Å²) in [4.78, 5) is 6.26. The molecule has 1 aromatic carbocycles. The summed E-state index contributed by atoms with van der Waals surface area (Å²) < 4.78 is 5.29. The fourth-order valence-electron chi connectivity index (χ4n) is 1.78. The Morgan fingerprint density at radius 3 is 2.89 bits per heavy atom. The Morgan fingerprint density at radius 2 is 2.17 bits per heavy atom. The van der Waals surface area contributed by atoms with Crippen LogP contribution in [0.5, 0.6) is 0 Å². The quantitative estimate of drug-likeness (QED) is 0.880. The van der Waals surface area contributed by atoms with E-state index in [1.165, 1.54) is 12.0 Å². The van der Waals surface area contributed by atoms with Crippen molar-refractivity contribution < 1.29 is 9.52 Å². The first-order valence-electron chi connectivity index (χ1n) is 6.17. The number of benzene rings is 1. The molecule has 0 amide bonds. The van der Waals surface area contributed by atoms with Crippen LogP contribution in [0, 0.1) is 0 Å². The summed E-state index contributed by atoms with van der Waals surface area (Å²) >= 11 is 0. The lowest BCUT2D eigenvalue weighted by atomic mass is 10.0. The van der Waals surface area contributed by atoms with Gasteiger partial charge in [-0.05, 0) is 45.0 Å². The first-order valence-corrected chi connectivity index (χ1v) is 6.17. The summed E-state index contributed by atoms with van der Waals surface area (Å²) in [6.45, 7) is 5.12. The number of rotatable bonds is 5. The molecule has 0 aliphatic heterocycles. The van der Waals surface area contributed by atoms with Crippen molar-refractivity contribution >= 4 is 11.1 Å². The van der Waals surface area contributed by atoms with E-state index < -0.39 is 0 Å². The van der Waals surface area contributed by atoms with E-state index in [1.807, 2.05) is 33.0 Å². The Labute approximate surface area is 107 Å². The van der Waals surface area contributed by atoms with Gasteiger partial charge in [0.05, 0.1) is 6.61 Å². The predicted molar refractivity (Wildman–Crippen MR) is 71.5 cm³/mol. The fourth-order valence-corrected chi connectivity index (χ4v) is 1.78. The zero-order chi connectivity index (χ0) is 13.2. The molecular formula is C14H20N2O2. The third-order valence-electron chi connectivity index (χ3n) is 3.55. The van der Waals surface area contributed by atoms with Crippen LogP contribution < -0.4 is 0 Å². The van der Waals surface area contributed by atoms with Crippen LogP contribution in [0.4, 0.5) is 0 Å². The number of fused-ring (bicyclic) bond motifs is 1. The van der Waals surface area contributed by atoms with Crippen molar-refractivity contribution in [2.24, 2.45) is 0 Å². The molecule has 0 saturated carbocycles. The van der Waals surface area contributed by atoms with Gasteiger partial charge in [0.1, 0.15) is 5.52 Å². The van der Waals surface area contributed by atoms with Gasteiger partial charge in [0, 0.05) is 12.1 Å². The van der Waals surface area contributed by atoms with Crippen molar-refractivity contribution in [1.82, 2.24) is 9.88 Å². The molecule has 18 heavy (non-hydrogen) atoms. The highest BCUT2D eigenvalue weighted by Gasteiger charge is 2.21. The second-order valence-electron chi connectivity index (χ2n) is 5.30. The van der Waals surface area contributed by atoms with Crippen molar-refractivity contribution in [3.05, 3.63) is 30.2 Å². The molecule has 0 radical (unpaired) electrons. The zero-order valence-corrected chi connectivity index (χ0v) is 11.2. The Morgan fingerprint density at radius 1 is 1.39 bits per heavy atom. The molecule has 0 fully saturated rings. The number of hydrogen-bond donors (Lipinski definition) is 1. The molecule has 4 nitrogen and oxygen atoms in total. The topological polar surface area (TPSA) is 49.5 Å². The number of aliphatic hydroxyl groups excluding tert-OH is 1. The molecule has 1 aromatic heterocycles. The third-order valence-corrected chi connectivity index (χ3v) is 3.55. The van der Waals surface area contributed by atoms with E-state index in [0.717, 1.165) is 24.1 Å². The number of likely N-dealkylation sites (N-methyl/N-ethyl adjacent to an activating group) is 1. The maximum absolute atomic E-state index is 9.31. The smallest absolute Gasteiger partial charge is 0.181 e. The summed E-state index contributed by atoms with van der Waals surface area (Å²) in [5.41, 5.74) is 2.76. The second-order valence-corrected chi connectivity index (χ2v) is 5.30. The van der Waals surface area contributed by atoms with Gasteiger partial charge in [-0.1, -0.05) is 6.07 Å². The van der Waals surface area contributed by atoms with Crippen LogP contribution >= 0.6 is 0 Å². The molecule has 1 N–H and O–H groups in total. The maximum Gasteiger partial charge on any atom is 0.181 e. The second kappa shape index (κ2) is 5.08. The van der Waals surface area contributed by atoms with Gasteiger partial charge < -0.3 is 9.52 Å². The molecule has 0 bridgehead atoms. The van der Waals surface area contributed by atoms with Crippen molar-refractivity contribution in [2.45, 2.75) is 25.8 Å². The molecule has 2 rings (SSSR count). The van der Waals surface area contributed by atoms with Crippen molar-refractivity contribution in [3.63, 3.8) is 0 Å². The van der Waals surface area contributed by atoms with Crippen LogP contribution in [0.1, 0.15) is 19.4 Å². The molecule has 0 atom stereocenters. The highest BCUT2D eigenvalue weighted by molar-refractivity contribution is 5.72. The molecule has 0 aliphatic carbocycles. The Bertz CT molecular complexity index is 519. The number of hydrogen-bond acceptors (Lipinski definition) is 4. The standard InChI is InChI=1S/C14H20N2O2/c1-14(2,9-17)16(3)7-6-11-4-5-12-13(8-11)18-10-15-12/h4-5,8,10,17H,6-7,9H2,1-3H3. The lowest BCUT2D eigenvalue weighted by Crippen LogP contribution is -2.45. The van der Waals surface area contributed by atoms with E-state index in [9.17, 15) is 5.11 Å². The molecular weight excluding hydrogens is 228 g/mol. The number of aliphatic hydroxyl groups is 1. The van der Waals surface area contributed by atoms with Crippen LogP contribution in [-0.2, 0) is 6.42 Å². The van der Waals surface area contributed by atoms with Gasteiger partial charge in [0.15, 0.2) is 12.0 Å². The minimum atomic E-state index is -0.184. The van der Waals surface area contributed by atoms with E-state index in [0.29, 0.717) is 0 Å². The average molecular weight is 248 g/mol. The van der Waals surface area contributed by atoms with Crippen molar-refractivity contribution in [1.29, 1.82) is 0 Å². The van der Waals surface area contributed by atoms with Gasteiger partial charge in [-0.2, -0.15) is 0 Å². The lowest BCUT2D eigenvalue weighted by molar-refractivity contribution is 0.0801. The Hall–Kier alpha value is -1.39. The number of nitrogens with zero attached hydrogens (tertiary/aromatic N) is 2. The number of oxazole rings is 1. The van der Waals surface area contributed by atoms with E-state index in [2.05, 4.69) is 16.0 Å². The fraction of sp³-hybridized carbons (Fsp3) is 0.500. The van der Waals surface area contributed by atoms with Crippen LogP contribution in [-0.4, -0.2) is 40.7 Å². The summed E-state index contributed by atoms with van der Waals surface area (Å²) in [7, 11) is 2.03. The van der Waals surface area contributed by atoms with E-state index in [1.54, 1.807) is 0 Å². The van der Waals surface area contributed by atoms with E-state index in [-0.39, 0.29) is 12.1 Å². The highest BCUT2D eigenvalue weighted by atomic mass is 16.3. The van der Waals surface area contributed by atoms with Crippen LogP contribution in [0.25, 0.3) is 11.1 Å². The van der Waals surface area contributed by atoms with Gasteiger partial charge in [-0.3, -0.25) is 4.90 Å². The summed E-state index contributed by atoms with van der Waals surface area (Å²) in [6.07, 6.45) is 2.39. The van der Waals surface area contributed by atoms with Crippen molar-refractivity contribution in [3.8, 4) is 0 Å². The normalized spacial score (nSPS) is 12.5. The molecule has 98 valence electrons. The lowest BCUT2D eigenvalue weighted by Gasteiger charge is -2.33. The summed E-state index contributed by atoms with van der Waals surface area (Å²) in [5.74, 6) is 0. The van der Waals surface area contributed by atoms with E-state index in [4.69, 9.17) is 4.42 Å². The molecule has 2 aromatic rings. The molecule has 0 unspecified atom stereocenters. The highest BCUT2D eigenvalue weighted by Crippen LogP contribution is 2.16. The van der Waals surface area contributed by atoms with Crippen LogP contribution in [0.15, 0.2) is 29.0 Å². The maximum atomic E-state index is 9.31. The summed E-state index contributed by atoms with van der Waals surface area (Å²) in [6, 6.07) is 6.08. The SMILES string of the molecule is CN(CCc1ccc2ncoc2c1)C(C)(C)CO. The summed E-state index contributed by atoms with van der Waals surface area (Å²) in [5, 5.41) is 9.31. The average Bonchev–Trinajstić information content (AvgIpc) is 2.83. The molecule has 4 heteroatoms. The van der Waals surface area contributed by atoms with Crippen LogP contribution in [0.2, 0.25) is 0 Å². The van der Waals surface area contributed by atoms with E-state index >= 15 is 0 Å². The molecule has 0 saturated heterocycles.